The van der Waals surface area contributed by atoms with Crippen LogP contribution in [0.3, 0.4) is 0 Å². The monoisotopic (exact) mass is 463 g/mol. The van der Waals surface area contributed by atoms with Gasteiger partial charge in [-0.3, -0.25) is 9.69 Å². The smallest absolute Gasteiger partial charge is 0.319 e. The van der Waals surface area contributed by atoms with Crippen molar-refractivity contribution in [2.45, 2.75) is 25.4 Å². The van der Waals surface area contributed by atoms with Gasteiger partial charge in [-0.25, -0.2) is 9.78 Å². The number of rotatable bonds is 6. The standard InChI is InChI=1S/C25H26ClN5O2/c26-20-11-12-23(27-15-20)30-24(32)19-8-4-9-21(14-19)28-25(33)29-22-10-5-13-31(17-22)16-18-6-2-1-3-7-18/h1-4,6-9,11-12,14-15,22H,5,10,13,16-17H2,(H,27,30,32)(H2,28,29,33). The van der Waals surface area contributed by atoms with Crippen LogP contribution in [-0.2, 0) is 6.54 Å². The molecule has 2 heterocycles. The summed E-state index contributed by atoms with van der Waals surface area (Å²) in [6, 6.07) is 20.2. The molecule has 2 aromatic carbocycles. The minimum atomic E-state index is -0.322. The molecule has 0 saturated carbocycles. The molecule has 1 unspecified atom stereocenters. The number of hydrogen-bond donors (Lipinski definition) is 3. The predicted octanol–water partition coefficient (Wildman–Crippen LogP) is 4.77. The van der Waals surface area contributed by atoms with Gasteiger partial charge in [0.2, 0.25) is 0 Å². The van der Waals surface area contributed by atoms with Gasteiger partial charge in [0.15, 0.2) is 0 Å². The number of likely N-dealkylation sites (tertiary alicyclic amines) is 1. The Balaban J connectivity index is 1.30. The summed E-state index contributed by atoms with van der Waals surface area (Å²) in [6.07, 6.45) is 3.44. The first kappa shape index (κ1) is 22.8. The van der Waals surface area contributed by atoms with Crippen LogP contribution in [0.4, 0.5) is 16.3 Å². The van der Waals surface area contributed by atoms with Crippen LogP contribution in [0.2, 0.25) is 5.02 Å². The van der Waals surface area contributed by atoms with Crippen LogP contribution in [0.15, 0.2) is 72.9 Å². The number of carbonyl (C=O) groups excluding carboxylic acids is 2. The van der Waals surface area contributed by atoms with Crippen LogP contribution >= 0.6 is 11.6 Å². The summed E-state index contributed by atoms with van der Waals surface area (Å²) < 4.78 is 0. The fourth-order valence-electron chi connectivity index (χ4n) is 3.89. The van der Waals surface area contributed by atoms with Crippen molar-refractivity contribution in [2.24, 2.45) is 0 Å². The van der Waals surface area contributed by atoms with Crippen LogP contribution in [0.5, 0.6) is 0 Å². The van der Waals surface area contributed by atoms with Crippen LogP contribution < -0.4 is 16.0 Å². The molecule has 0 aliphatic carbocycles. The van der Waals surface area contributed by atoms with Gasteiger partial charge < -0.3 is 16.0 Å². The Morgan fingerprint density at radius 1 is 1.03 bits per heavy atom. The number of nitrogens with one attached hydrogen (secondary N) is 3. The van der Waals surface area contributed by atoms with E-state index in [1.54, 1.807) is 36.4 Å². The minimum absolute atomic E-state index is 0.0740. The second-order valence-electron chi connectivity index (χ2n) is 8.05. The lowest BCUT2D eigenvalue weighted by Gasteiger charge is -2.33. The van der Waals surface area contributed by atoms with Gasteiger partial charge in [-0.1, -0.05) is 48.0 Å². The van der Waals surface area contributed by atoms with E-state index in [9.17, 15) is 9.59 Å². The van der Waals surface area contributed by atoms with Crippen molar-refractivity contribution < 1.29 is 9.59 Å². The van der Waals surface area contributed by atoms with E-state index in [1.165, 1.54) is 11.8 Å². The summed E-state index contributed by atoms with van der Waals surface area (Å²) in [5.41, 5.74) is 2.23. The van der Waals surface area contributed by atoms with E-state index in [1.807, 2.05) is 18.2 Å². The Hall–Kier alpha value is -3.42. The zero-order chi connectivity index (χ0) is 23.0. The molecule has 1 aliphatic heterocycles. The molecular weight excluding hydrogens is 438 g/mol. The van der Waals surface area contributed by atoms with Crippen molar-refractivity contribution >= 4 is 35.0 Å². The highest BCUT2D eigenvalue weighted by molar-refractivity contribution is 6.30. The summed E-state index contributed by atoms with van der Waals surface area (Å²) >= 11 is 5.82. The number of pyridine rings is 1. The number of urea groups is 1. The first-order chi connectivity index (χ1) is 16.0. The van der Waals surface area contributed by atoms with Crippen LogP contribution in [0.25, 0.3) is 0 Å². The Labute approximate surface area is 198 Å². The zero-order valence-corrected chi connectivity index (χ0v) is 18.9. The fourth-order valence-corrected chi connectivity index (χ4v) is 4.00. The number of amides is 3. The van der Waals surface area contributed by atoms with Crippen molar-refractivity contribution in [3.05, 3.63) is 89.1 Å². The van der Waals surface area contributed by atoms with Crippen molar-refractivity contribution in [3.63, 3.8) is 0 Å². The summed E-state index contributed by atoms with van der Waals surface area (Å²) in [5, 5.41) is 9.11. The van der Waals surface area contributed by atoms with E-state index in [0.717, 1.165) is 32.5 Å². The second-order valence-corrected chi connectivity index (χ2v) is 8.49. The third-order valence-corrected chi connectivity index (χ3v) is 5.66. The molecule has 3 aromatic rings. The third-order valence-electron chi connectivity index (χ3n) is 5.44. The molecule has 1 saturated heterocycles. The van der Waals surface area contributed by atoms with Gasteiger partial charge in [-0.15, -0.1) is 0 Å². The fraction of sp³-hybridized carbons (Fsp3) is 0.240. The lowest BCUT2D eigenvalue weighted by Crippen LogP contribution is -2.48. The molecule has 33 heavy (non-hydrogen) atoms. The number of nitrogens with zero attached hydrogens (tertiary/aromatic N) is 2. The molecule has 1 aromatic heterocycles. The quantitative estimate of drug-likeness (QED) is 0.491. The van der Waals surface area contributed by atoms with Crippen molar-refractivity contribution in [2.75, 3.05) is 23.7 Å². The van der Waals surface area contributed by atoms with E-state index in [2.05, 4.69) is 38.0 Å². The number of carbonyl (C=O) groups is 2. The topological polar surface area (TPSA) is 86.4 Å². The molecule has 3 amide bonds. The normalized spacial score (nSPS) is 16.1. The summed E-state index contributed by atoms with van der Waals surface area (Å²) in [4.78, 5) is 31.5. The molecule has 0 radical (unpaired) electrons. The van der Waals surface area contributed by atoms with Gasteiger partial charge in [0.25, 0.3) is 5.91 Å². The first-order valence-electron chi connectivity index (χ1n) is 10.9. The Kier molecular flexibility index (Phi) is 7.55. The Morgan fingerprint density at radius 3 is 2.67 bits per heavy atom. The number of anilines is 2. The van der Waals surface area contributed by atoms with Crippen molar-refractivity contribution in [3.8, 4) is 0 Å². The second kappa shape index (κ2) is 10.9. The maximum atomic E-state index is 12.6. The molecule has 1 atom stereocenters. The summed E-state index contributed by atoms with van der Waals surface area (Å²) in [7, 11) is 0. The van der Waals surface area contributed by atoms with Crippen molar-refractivity contribution in [1.82, 2.24) is 15.2 Å². The average molecular weight is 464 g/mol. The third kappa shape index (κ3) is 6.78. The van der Waals surface area contributed by atoms with E-state index < -0.39 is 0 Å². The molecule has 3 N–H and O–H groups in total. The molecule has 7 nitrogen and oxygen atoms in total. The van der Waals surface area contributed by atoms with Crippen LogP contribution in [0.1, 0.15) is 28.8 Å². The minimum Gasteiger partial charge on any atom is -0.334 e. The lowest BCUT2D eigenvalue weighted by atomic mass is 10.0. The van der Waals surface area contributed by atoms with E-state index in [-0.39, 0.29) is 18.0 Å². The first-order valence-corrected chi connectivity index (χ1v) is 11.3. The van der Waals surface area contributed by atoms with Crippen LogP contribution in [0, 0.1) is 0 Å². The van der Waals surface area contributed by atoms with Gasteiger partial charge in [0.05, 0.1) is 5.02 Å². The molecule has 0 spiro atoms. The SMILES string of the molecule is O=C(Nc1cccc(C(=O)Nc2ccc(Cl)cn2)c1)NC1CCCN(Cc2ccccc2)C1. The number of hydrogen-bond acceptors (Lipinski definition) is 4. The van der Waals surface area contributed by atoms with Gasteiger partial charge in [0, 0.05) is 36.6 Å². The summed E-state index contributed by atoms with van der Waals surface area (Å²) in [6.45, 7) is 2.70. The number of halogens is 1. The molecule has 8 heteroatoms. The van der Waals surface area contributed by atoms with E-state index >= 15 is 0 Å². The van der Waals surface area contributed by atoms with Crippen LogP contribution in [-0.4, -0.2) is 41.0 Å². The van der Waals surface area contributed by atoms with Crippen molar-refractivity contribution in [1.29, 1.82) is 0 Å². The van der Waals surface area contributed by atoms with Gasteiger partial charge in [-0.2, -0.15) is 0 Å². The highest BCUT2D eigenvalue weighted by atomic mass is 35.5. The van der Waals surface area contributed by atoms with E-state index in [0.29, 0.717) is 22.1 Å². The summed E-state index contributed by atoms with van der Waals surface area (Å²) in [5.74, 6) is 0.0792. The molecule has 1 fully saturated rings. The maximum absolute atomic E-state index is 12.6. The number of aromatic nitrogens is 1. The van der Waals surface area contributed by atoms with Gasteiger partial charge >= 0.3 is 6.03 Å². The van der Waals surface area contributed by atoms with Gasteiger partial charge in [-0.05, 0) is 55.3 Å². The Morgan fingerprint density at radius 2 is 1.88 bits per heavy atom. The van der Waals surface area contributed by atoms with Gasteiger partial charge in [0.1, 0.15) is 5.82 Å². The highest BCUT2D eigenvalue weighted by Crippen LogP contribution is 2.16. The average Bonchev–Trinajstić information content (AvgIpc) is 2.81. The lowest BCUT2D eigenvalue weighted by molar-refractivity contribution is 0.102. The molecular formula is C25H26ClN5O2. The number of piperidine rings is 1. The largest absolute Gasteiger partial charge is 0.334 e. The highest BCUT2D eigenvalue weighted by Gasteiger charge is 2.21. The molecule has 170 valence electrons. The molecule has 4 rings (SSSR count). The van der Waals surface area contributed by atoms with E-state index in [4.69, 9.17) is 11.6 Å². The predicted molar refractivity (Wildman–Crippen MR) is 131 cm³/mol. The zero-order valence-electron chi connectivity index (χ0n) is 18.1. The maximum Gasteiger partial charge on any atom is 0.319 e. The Bertz CT molecular complexity index is 1090. The molecule has 1 aliphatic rings. The number of benzene rings is 2. The molecule has 0 bridgehead atoms.